The summed E-state index contributed by atoms with van der Waals surface area (Å²) in [6.45, 7) is 2.41. The summed E-state index contributed by atoms with van der Waals surface area (Å²) in [6, 6.07) is 12.7. The van der Waals surface area contributed by atoms with E-state index in [1.165, 1.54) is 18.2 Å². The molecule has 0 aliphatic rings. The smallest absolute Gasteiger partial charge is 0.339 e. The van der Waals surface area contributed by atoms with Crippen molar-refractivity contribution < 1.29 is 23.5 Å². The fourth-order valence-corrected chi connectivity index (χ4v) is 2.47. The van der Waals surface area contributed by atoms with Gasteiger partial charge in [-0.05, 0) is 30.2 Å². The molecule has 0 heterocycles. The van der Waals surface area contributed by atoms with Crippen LogP contribution in [0.2, 0.25) is 0 Å². The van der Waals surface area contributed by atoms with Crippen molar-refractivity contribution in [2.75, 3.05) is 13.2 Å². The van der Waals surface area contributed by atoms with E-state index >= 15 is 0 Å². The van der Waals surface area contributed by atoms with Crippen LogP contribution in [0.3, 0.4) is 0 Å². The number of unbranched alkanes of at least 4 members (excludes halogenated alkanes) is 2. The van der Waals surface area contributed by atoms with Crippen molar-refractivity contribution in [3.8, 4) is 0 Å². The molecule has 2 aromatic carbocycles. The molecule has 0 saturated heterocycles. The second-order valence-corrected chi connectivity index (χ2v) is 5.87. The minimum Gasteiger partial charge on any atom is -0.462 e. The zero-order chi connectivity index (χ0) is 18.8. The van der Waals surface area contributed by atoms with Gasteiger partial charge < -0.3 is 9.47 Å². The van der Waals surface area contributed by atoms with E-state index in [0.29, 0.717) is 12.2 Å². The van der Waals surface area contributed by atoms with Gasteiger partial charge in [0, 0.05) is 6.42 Å². The highest BCUT2D eigenvalue weighted by Crippen LogP contribution is 2.13. The van der Waals surface area contributed by atoms with Crippen molar-refractivity contribution in [3.05, 3.63) is 71.0 Å². The van der Waals surface area contributed by atoms with Crippen LogP contribution in [-0.4, -0.2) is 25.2 Å². The van der Waals surface area contributed by atoms with E-state index in [4.69, 9.17) is 9.47 Å². The average molecular weight is 358 g/mol. The van der Waals surface area contributed by atoms with E-state index in [1.54, 1.807) is 30.3 Å². The molecule has 0 atom stereocenters. The molecule has 4 nitrogen and oxygen atoms in total. The molecule has 0 amide bonds. The Morgan fingerprint density at radius 2 is 1.42 bits per heavy atom. The van der Waals surface area contributed by atoms with Gasteiger partial charge in [0.2, 0.25) is 0 Å². The van der Waals surface area contributed by atoms with Gasteiger partial charge in [0.15, 0.2) is 0 Å². The maximum atomic E-state index is 13.6. The van der Waals surface area contributed by atoms with Crippen LogP contribution in [-0.2, 0) is 15.9 Å². The van der Waals surface area contributed by atoms with Crippen LogP contribution in [0.5, 0.6) is 0 Å². The van der Waals surface area contributed by atoms with Crippen molar-refractivity contribution in [1.82, 2.24) is 0 Å². The predicted molar refractivity (Wildman–Crippen MR) is 96.6 cm³/mol. The van der Waals surface area contributed by atoms with Crippen LogP contribution in [0, 0.1) is 5.82 Å². The largest absolute Gasteiger partial charge is 0.462 e. The summed E-state index contributed by atoms with van der Waals surface area (Å²) in [5, 5.41) is 0. The lowest BCUT2D eigenvalue weighted by Crippen LogP contribution is -2.15. The van der Waals surface area contributed by atoms with E-state index in [0.717, 1.165) is 19.3 Å². The highest BCUT2D eigenvalue weighted by Gasteiger charge is 2.19. The highest BCUT2D eigenvalue weighted by atomic mass is 19.1. The third kappa shape index (κ3) is 5.69. The van der Waals surface area contributed by atoms with Gasteiger partial charge in [0.1, 0.15) is 5.82 Å². The first-order valence-corrected chi connectivity index (χ1v) is 8.80. The summed E-state index contributed by atoms with van der Waals surface area (Å²) in [6.07, 6.45) is 3.06. The third-order valence-corrected chi connectivity index (χ3v) is 3.91. The van der Waals surface area contributed by atoms with Crippen molar-refractivity contribution in [3.63, 3.8) is 0 Å². The Kier molecular flexibility index (Phi) is 7.80. The average Bonchev–Trinajstić information content (AvgIpc) is 2.66. The van der Waals surface area contributed by atoms with Crippen LogP contribution >= 0.6 is 0 Å². The Hall–Kier alpha value is -2.69. The minimum atomic E-state index is -0.623. The van der Waals surface area contributed by atoms with Gasteiger partial charge in [0.25, 0.3) is 0 Å². The number of rotatable bonds is 9. The van der Waals surface area contributed by atoms with E-state index in [1.807, 2.05) is 0 Å². The second-order valence-electron chi connectivity index (χ2n) is 5.87. The van der Waals surface area contributed by atoms with Gasteiger partial charge in [-0.2, -0.15) is 0 Å². The molecule has 0 fully saturated rings. The van der Waals surface area contributed by atoms with Crippen molar-refractivity contribution >= 4 is 11.9 Å². The molecule has 0 N–H and O–H groups in total. The number of carbonyl (C=O) groups is 2. The van der Waals surface area contributed by atoms with Crippen LogP contribution in [0.25, 0.3) is 0 Å². The molecule has 26 heavy (non-hydrogen) atoms. The molecular weight excluding hydrogens is 335 g/mol. The lowest BCUT2D eigenvalue weighted by atomic mass is 10.1. The molecule has 2 aromatic rings. The SMILES string of the molecule is CCCCCOC(=O)c1ccccc1C(=O)OCCc1ccccc1F. The Balaban J connectivity index is 1.94. The topological polar surface area (TPSA) is 52.6 Å². The second kappa shape index (κ2) is 10.3. The van der Waals surface area contributed by atoms with Gasteiger partial charge in [-0.1, -0.05) is 50.1 Å². The van der Waals surface area contributed by atoms with Gasteiger partial charge >= 0.3 is 11.9 Å². The van der Waals surface area contributed by atoms with Gasteiger partial charge in [-0.25, -0.2) is 14.0 Å². The zero-order valence-electron chi connectivity index (χ0n) is 14.9. The summed E-state index contributed by atoms with van der Waals surface area (Å²) in [7, 11) is 0. The Bertz CT molecular complexity index is 742. The lowest BCUT2D eigenvalue weighted by molar-refractivity contribution is 0.0455. The molecule has 2 rings (SSSR count). The molecule has 0 aromatic heterocycles. The molecule has 0 aliphatic carbocycles. The maximum absolute atomic E-state index is 13.6. The summed E-state index contributed by atoms with van der Waals surface area (Å²) < 4.78 is 24.0. The third-order valence-electron chi connectivity index (χ3n) is 3.91. The number of benzene rings is 2. The monoisotopic (exact) mass is 358 g/mol. The fraction of sp³-hybridized carbons (Fsp3) is 0.333. The van der Waals surface area contributed by atoms with Crippen LogP contribution in [0.1, 0.15) is 52.5 Å². The Morgan fingerprint density at radius 3 is 2.04 bits per heavy atom. The normalized spacial score (nSPS) is 10.4. The standard InChI is InChI=1S/C21H23FO4/c1-2-3-8-14-25-20(23)17-10-5-6-11-18(17)21(24)26-15-13-16-9-4-7-12-19(16)22/h4-7,9-12H,2-3,8,13-15H2,1H3. The number of hydrogen-bond donors (Lipinski definition) is 0. The number of ether oxygens (including phenoxy) is 2. The number of hydrogen-bond acceptors (Lipinski definition) is 4. The molecule has 138 valence electrons. The maximum Gasteiger partial charge on any atom is 0.339 e. The molecule has 0 bridgehead atoms. The van der Waals surface area contributed by atoms with Gasteiger partial charge in [0.05, 0.1) is 24.3 Å². The summed E-state index contributed by atoms with van der Waals surface area (Å²) >= 11 is 0. The Morgan fingerprint density at radius 1 is 0.846 bits per heavy atom. The quantitative estimate of drug-likeness (QED) is 0.487. The van der Waals surface area contributed by atoms with Crippen molar-refractivity contribution in [2.24, 2.45) is 0 Å². The highest BCUT2D eigenvalue weighted by molar-refractivity contribution is 6.03. The van der Waals surface area contributed by atoms with Crippen LogP contribution in [0.4, 0.5) is 4.39 Å². The summed E-state index contributed by atoms with van der Waals surface area (Å²) in [5.41, 5.74) is 0.810. The van der Waals surface area contributed by atoms with E-state index in [9.17, 15) is 14.0 Å². The van der Waals surface area contributed by atoms with E-state index in [2.05, 4.69) is 6.92 Å². The fourth-order valence-electron chi connectivity index (χ4n) is 2.47. The van der Waals surface area contributed by atoms with Gasteiger partial charge in [-0.15, -0.1) is 0 Å². The molecule has 0 unspecified atom stereocenters. The van der Waals surface area contributed by atoms with Crippen LogP contribution < -0.4 is 0 Å². The molecule has 0 aliphatic heterocycles. The summed E-state index contributed by atoms with van der Waals surface area (Å²) in [4.78, 5) is 24.5. The van der Waals surface area contributed by atoms with Gasteiger partial charge in [-0.3, -0.25) is 0 Å². The minimum absolute atomic E-state index is 0.0274. The number of halogens is 1. The van der Waals surface area contributed by atoms with Crippen LogP contribution in [0.15, 0.2) is 48.5 Å². The zero-order valence-corrected chi connectivity index (χ0v) is 14.9. The van der Waals surface area contributed by atoms with E-state index in [-0.39, 0.29) is 30.0 Å². The van der Waals surface area contributed by atoms with Crippen molar-refractivity contribution in [1.29, 1.82) is 0 Å². The predicted octanol–water partition coefficient (Wildman–Crippen LogP) is 4.57. The summed E-state index contributed by atoms with van der Waals surface area (Å²) in [5.74, 6) is -1.50. The molecule has 0 radical (unpaired) electrons. The number of esters is 2. The lowest BCUT2D eigenvalue weighted by Gasteiger charge is -2.10. The molecule has 0 spiro atoms. The first kappa shape index (κ1) is 19.6. The first-order valence-electron chi connectivity index (χ1n) is 8.80. The van der Waals surface area contributed by atoms with Crippen molar-refractivity contribution in [2.45, 2.75) is 32.6 Å². The molecule has 0 saturated carbocycles. The number of carbonyl (C=O) groups excluding carboxylic acids is 2. The Labute approximate surface area is 152 Å². The molecule has 5 heteroatoms. The first-order chi connectivity index (χ1) is 12.6. The van der Waals surface area contributed by atoms with E-state index < -0.39 is 11.9 Å². The molecular formula is C21H23FO4.